The molecule has 0 saturated carbocycles. The first-order valence-corrected chi connectivity index (χ1v) is 4.81. The fraction of sp³-hybridized carbons (Fsp3) is 0.455. The van der Waals surface area contributed by atoms with Gasteiger partial charge >= 0.3 is 0 Å². The molecule has 2 atom stereocenters. The lowest BCUT2D eigenvalue weighted by Crippen LogP contribution is -2.27. The van der Waals surface area contributed by atoms with Crippen LogP contribution in [0.3, 0.4) is 0 Å². The topological polar surface area (TPSA) is 38.0 Å². The summed E-state index contributed by atoms with van der Waals surface area (Å²) < 4.78 is 0. The number of rotatable bonds is 1. The van der Waals surface area contributed by atoms with Crippen molar-refractivity contribution in [2.24, 2.45) is 5.73 Å². The van der Waals surface area contributed by atoms with E-state index in [4.69, 9.17) is 5.73 Å². The first kappa shape index (κ1) is 14.7. The van der Waals surface area contributed by atoms with Gasteiger partial charge in [0.2, 0.25) is 0 Å². The van der Waals surface area contributed by atoms with Crippen molar-refractivity contribution in [1.82, 2.24) is 5.32 Å². The van der Waals surface area contributed by atoms with Crippen molar-refractivity contribution in [3.8, 4) is 0 Å². The van der Waals surface area contributed by atoms with E-state index in [1.165, 1.54) is 11.1 Å². The fourth-order valence-corrected chi connectivity index (χ4v) is 2.04. The Morgan fingerprint density at radius 2 is 1.87 bits per heavy atom. The number of halogens is 2. The minimum absolute atomic E-state index is 0. The van der Waals surface area contributed by atoms with Crippen LogP contribution in [0, 0.1) is 6.92 Å². The summed E-state index contributed by atoms with van der Waals surface area (Å²) in [6, 6.07) is 8.79. The predicted octanol–water partition coefficient (Wildman–Crippen LogP) is 1.85. The second-order valence-electron chi connectivity index (χ2n) is 3.79. The molecule has 2 unspecified atom stereocenters. The monoisotopic (exact) mass is 248 g/mol. The van der Waals surface area contributed by atoms with E-state index in [0.29, 0.717) is 5.92 Å². The van der Waals surface area contributed by atoms with Gasteiger partial charge in [0, 0.05) is 25.0 Å². The Hall–Kier alpha value is -0.280. The van der Waals surface area contributed by atoms with Crippen LogP contribution in [0.2, 0.25) is 0 Å². The molecule has 2 nitrogen and oxygen atoms in total. The van der Waals surface area contributed by atoms with Crippen LogP contribution in [-0.2, 0) is 0 Å². The van der Waals surface area contributed by atoms with Crippen LogP contribution in [0.5, 0.6) is 0 Å². The number of benzene rings is 1. The van der Waals surface area contributed by atoms with E-state index in [1.54, 1.807) is 0 Å². The molecule has 1 aliphatic heterocycles. The fourth-order valence-electron chi connectivity index (χ4n) is 2.04. The van der Waals surface area contributed by atoms with E-state index in [1.807, 2.05) is 0 Å². The second-order valence-corrected chi connectivity index (χ2v) is 3.79. The maximum Gasteiger partial charge on any atom is 0.0247 e. The largest absolute Gasteiger partial charge is 0.326 e. The zero-order valence-corrected chi connectivity index (χ0v) is 10.4. The second kappa shape index (κ2) is 6.33. The number of nitrogens with one attached hydrogen (secondary N) is 1. The number of hydrogen-bond donors (Lipinski definition) is 2. The van der Waals surface area contributed by atoms with E-state index >= 15 is 0 Å². The Balaban J connectivity index is 0.000000980. The van der Waals surface area contributed by atoms with E-state index in [-0.39, 0.29) is 30.9 Å². The van der Waals surface area contributed by atoms with Crippen LogP contribution >= 0.6 is 24.8 Å². The summed E-state index contributed by atoms with van der Waals surface area (Å²) in [5.74, 6) is 0.501. The van der Waals surface area contributed by atoms with E-state index in [2.05, 4.69) is 36.5 Å². The van der Waals surface area contributed by atoms with Crippen molar-refractivity contribution >= 4 is 24.8 Å². The molecule has 0 radical (unpaired) electrons. The summed E-state index contributed by atoms with van der Waals surface area (Å²) in [6.45, 7) is 4.12. The maximum atomic E-state index is 6.02. The maximum absolute atomic E-state index is 6.02. The van der Waals surface area contributed by atoms with Crippen LogP contribution in [0.4, 0.5) is 0 Å². The Bertz CT molecular complexity index is 304. The Morgan fingerprint density at radius 1 is 1.20 bits per heavy atom. The first-order chi connectivity index (χ1) is 6.29. The van der Waals surface area contributed by atoms with Crippen molar-refractivity contribution in [2.75, 3.05) is 13.1 Å². The quantitative estimate of drug-likeness (QED) is 0.797. The summed E-state index contributed by atoms with van der Waals surface area (Å²) in [7, 11) is 0. The van der Waals surface area contributed by atoms with E-state index in [0.717, 1.165) is 13.1 Å². The molecule has 0 bridgehead atoms. The molecule has 0 spiro atoms. The van der Waals surface area contributed by atoms with Gasteiger partial charge in [0.15, 0.2) is 0 Å². The molecule has 0 amide bonds. The molecule has 0 aliphatic carbocycles. The van der Waals surface area contributed by atoms with Gasteiger partial charge < -0.3 is 11.1 Å². The lowest BCUT2D eigenvalue weighted by molar-refractivity contribution is 0.650. The predicted molar refractivity (Wildman–Crippen MR) is 69.3 cm³/mol. The molecule has 4 heteroatoms. The third kappa shape index (κ3) is 3.08. The minimum Gasteiger partial charge on any atom is -0.326 e. The molecule has 1 aliphatic rings. The zero-order chi connectivity index (χ0) is 9.26. The molecule has 15 heavy (non-hydrogen) atoms. The Kier molecular flexibility index (Phi) is 6.22. The molecule has 3 N–H and O–H groups in total. The van der Waals surface area contributed by atoms with E-state index in [9.17, 15) is 0 Å². The average molecular weight is 249 g/mol. The molecule has 1 heterocycles. The van der Waals surface area contributed by atoms with Gasteiger partial charge in [0.25, 0.3) is 0 Å². The molecule has 0 aromatic heterocycles. The highest BCUT2D eigenvalue weighted by Gasteiger charge is 2.25. The van der Waals surface area contributed by atoms with E-state index < -0.39 is 0 Å². The number of nitrogens with two attached hydrogens (primary N) is 1. The molecule has 86 valence electrons. The smallest absolute Gasteiger partial charge is 0.0247 e. The Labute approximate surface area is 103 Å². The molecule has 1 saturated heterocycles. The molecular formula is C11H18Cl2N2. The van der Waals surface area contributed by atoms with Gasteiger partial charge in [0.05, 0.1) is 0 Å². The van der Waals surface area contributed by atoms with Crippen LogP contribution in [0.25, 0.3) is 0 Å². The molecule has 1 fully saturated rings. The van der Waals surface area contributed by atoms with Gasteiger partial charge in [-0.1, -0.05) is 24.3 Å². The number of aryl methyl sites for hydroxylation is 1. The van der Waals surface area contributed by atoms with Gasteiger partial charge in [0.1, 0.15) is 0 Å². The van der Waals surface area contributed by atoms with Crippen LogP contribution < -0.4 is 11.1 Å². The summed E-state index contributed by atoms with van der Waals surface area (Å²) in [5.41, 5.74) is 8.77. The van der Waals surface area contributed by atoms with Gasteiger partial charge in [-0.15, -0.1) is 24.8 Å². The van der Waals surface area contributed by atoms with Crippen molar-refractivity contribution in [3.63, 3.8) is 0 Å². The van der Waals surface area contributed by atoms with Gasteiger partial charge in [-0.3, -0.25) is 0 Å². The highest BCUT2D eigenvalue weighted by Crippen LogP contribution is 2.24. The number of hydrogen-bond acceptors (Lipinski definition) is 2. The molecule has 1 aromatic rings. The summed E-state index contributed by atoms with van der Waals surface area (Å²) in [5, 5.41) is 3.32. The molecule has 2 rings (SSSR count). The summed E-state index contributed by atoms with van der Waals surface area (Å²) in [6.07, 6.45) is 0. The van der Waals surface area contributed by atoms with Crippen LogP contribution in [0.15, 0.2) is 24.3 Å². The van der Waals surface area contributed by atoms with Crippen molar-refractivity contribution in [2.45, 2.75) is 18.9 Å². The molecular weight excluding hydrogens is 231 g/mol. The normalized spacial score (nSPS) is 24.1. The average Bonchev–Trinajstić information content (AvgIpc) is 2.52. The van der Waals surface area contributed by atoms with Crippen molar-refractivity contribution < 1.29 is 0 Å². The third-order valence-electron chi connectivity index (χ3n) is 2.85. The lowest BCUT2D eigenvalue weighted by atomic mass is 9.91. The molecule has 1 aromatic carbocycles. The van der Waals surface area contributed by atoms with Gasteiger partial charge in [-0.25, -0.2) is 0 Å². The highest BCUT2D eigenvalue weighted by atomic mass is 35.5. The van der Waals surface area contributed by atoms with Gasteiger partial charge in [-0.2, -0.15) is 0 Å². The van der Waals surface area contributed by atoms with Crippen molar-refractivity contribution in [1.29, 1.82) is 0 Å². The summed E-state index contributed by atoms with van der Waals surface area (Å²) in [4.78, 5) is 0. The standard InChI is InChI=1S/C11H16N2.2ClH/c1-8-4-2-3-5-9(8)10-6-13-7-11(10)12;;/h2-5,10-11,13H,6-7,12H2,1H3;2*1H. The van der Waals surface area contributed by atoms with Crippen LogP contribution in [0.1, 0.15) is 17.0 Å². The Morgan fingerprint density at radius 3 is 2.40 bits per heavy atom. The zero-order valence-electron chi connectivity index (χ0n) is 8.77. The SMILES string of the molecule is Cc1ccccc1C1CNCC1N.Cl.Cl. The first-order valence-electron chi connectivity index (χ1n) is 4.81. The minimum atomic E-state index is 0. The summed E-state index contributed by atoms with van der Waals surface area (Å²) >= 11 is 0. The highest BCUT2D eigenvalue weighted by molar-refractivity contribution is 5.85. The van der Waals surface area contributed by atoms with Gasteiger partial charge in [-0.05, 0) is 18.1 Å². The van der Waals surface area contributed by atoms with Crippen molar-refractivity contribution in [3.05, 3.63) is 35.4 Å². The lowest BCUT2D eigenvalue weighted by Gasteiger charge is -2.16. The van der Waals surface area contributed by atoms with Crippen LogP contribution in [-0.4, -0.2) is 19.1 Å². The third-order valence-corrected chi connectivity index (χ3v) is 2.85.